The van der Waals surface area contributed by atoms with Crippen LogP contribution in [0.2, 0.25) is 0 Å². The molecule has 3 fully saturated rings. The number of hydrogen-bond donors (Lipinski definition) is 3. The quantitative estimate of drug-likeness (QED) is 0.428. The molecule has 2 aromatic rings. The van der Waals surface area contributed by atoms with Crippen molar-refractivity contribution in [3.05, 3.63) is 75.6 Å². The van der Waals surface area contributed by atoms with Gasteiger partial charge in [0.05, 0.1) is 34.6 Å². The highest BCUT2D eigenvalue weighted by Crippen LogP contribution is 2.74. The van der Waals surface area contributed by atoms with Crippen LogP contribution in [0, 0.1) is 34.5 Å². The maximum absolute atomic E-state index is 15.4. The van der Waals surface area contributed by atoms with E-state index in [0.29, 0.717) is 5.69 Å². The summed E-state index contributed by atoms with van der Waals surface area (Å²) in [7, 11) is 0. The van der Waals surface area contributed by atoms with Gasteiger partial charge < -0.3 is 15.3 Å². The molecule has 3 N–H and O–H groups in total. The Hall–Kier alpha value is -2.75. The van der Waals surface area contributed by atoms with Crippen molar-refractivity contribution in [3.8, 4) is 5.69 Å². The second-order valence-electron chi connectivity index (χ2n) is 16.1. The number of fused-ring (bicyclic) bond motifs is 1. The first-order valence-electron chi connectivity index (χ1n) is 16.7. The van der Waals surface area contributed by atoms with Crippen molar-refractivity contribution < 1.29 is 19.7 Å². The van der Waals surface area contributed by atoms with Crippen LogP contribution in [0.4, 0.5) is 4.39 Å². The van der Waals surface area contributed by atoms with Gasteiger partial charge in [-0.2, -0.15) is 0 Å². The number of aliphatic hydroxyl groups excluding tert-OH is 2. The highest BCUT2D eigenvalue weighted by atomic mass is 19.1. The SMILES string of the molecule is C[C@H](/C=C/[C@](C)(F)C(C)(C)O)[C@H]1CC[C@@H]2[C@]1(C)CC[C@H]1[C@]23C=C[C@]2(C[C@@H](O)C[C@H](O)[C@]12C)n1c(=O)n(-c2ccccc2)c(=O)n13. The molecule has 2 aliphatic heterocycles. The molecule has 0 saturated heterocycles. The second kappa shape index (κ2) is 9.41. The summed E-state index contributed by atoms with van der Waals surface area (Å²) in [6.45, 7) is 10.8. The third kappa shape index (κ3) is 3.63. The van der Waals surface area contributed by atoms with E-state index in [0.717, 1.165) is 25.7 Å². The van der Waals surface area contributed by atoms with Gasteiger partial charge >= 0.3 is 11.4 Å². The molecule has 45 heavy (non-hydrogen) atoms. The minimum absolute atomic E-state index is 0.0134. The fourth-order valence-electron chi connectivity index (χ4n) is 11.0. The Labute approximate surface area is 263 Å². The number of benzene rings is 1. The lowest BCUT2D eigenvalue weighted by Crippen LogP contribution is -2.79. The van der Waals surface area contributed by atoms with Crippen LogP contribution in [0.5, 0.6) is 0 Å². The Morgan fingerprint density at radius 1 is 0.978 bits per heavy atom. The third-order valence-electron chi connectivity index (χ3n) is 13.8. The molecule has 2 spiro atoms. The smallest absolute Gasteiger partial charge is 0.352 e. The fourth-order valence-corrected chi connectivity index (χ4v) is 11.0. The zero-order chi connectivity index (χ0) is 32.5. The number of aliphatic hydroxyl groups is 3. The van der Waals surface area contributed by atoms with E-state index in [9.17, 15) is 24.9 Å². The van der Waals surface area contributed by atoms with Gasteiger partial charge in [0.15, 0.2) is 5.67 Å². The Kier molecular flexibility index (Phi) is 6.46. The van der Waals surface area contributed by atoms with Gasteiger partial charge in [0.25, 0.3) is 0 Å². The van der Waals surface area contributed by atoms with E-state index in [4.69, 9.17) is 0 Å². The first-order chi connectivity index (χ1) is 21.0. The number of nitrogens with zero attached hydrogens (tertiary/aromatic N) is 3. The molecule has 244 valence electrons. The molecule has 0 unspecified atom stereocenters. The number of para-hydroxylation sites is 1. The van der Waals surface area contributed by atoms with Gasteiger partial charge in [-0.3, -0.25) is 0 Å². The van der Waals surface area contributed by atoms with Crippen LogP contribution in [-0.4, -0.2) is 52.7 Å². The summed E-state index contributed by atoms with van der Waals surface area (Å²) in [6.07, 6.45) is 9.73. The topological polar surface area (TPSA) is 110 Å². The first kappa shape index (κ1) is 30.9. The van der Waals surface area contributed by atoms with Crippen LogP contribution in [0.15, 0.2) is 64.2 Å². The molecule has 1 aromatic carbocycles. The summed E-state index contributed by atoms with van der Waals surface area (Å²) in [4.78, 5) is 29.2. The summed E-state index contributed by atoms with van der Waals surface area (Å²) >= 11 is 0. The Balaban J connectivity index is 1.43. The number of aromatic nitrogens is 3. The normalized spacial score (nSPS) is 42.1. The van der Waals surface area contributed by atoms with Crippen molar-refractivity contribution in [1.29, 1.82) is 0 Å². The second-order valence-corrected chi connectivity index (χ2v) is 16.1. The zero-order valence-corrected chi connectivity index (χ0v) is 27.3. The van der Waals surface area contributed by atoms with Crippen LogP contribution < -0.4 is 11.4 Å². The predicted molar refractivity (Wildman–Crippen MR) is 170 cm³/mol. The molecule has 3 heterocycles. The van der Waals surface area contributed by atoms with Crippen molar-refractivity contribution in [1.82, 2.24) is 13.9 Å². The van der Waals surface area contributed by atoms with E-state index < -0.39 is 51.4 Å². The molecular formula is C36H48FN3O5. The zero-order valence-electron chi connectivity index (χ0n) is 27.3. The summed E-state index contributed by atoms with van der Waals surface area (Å²) < 4.78 is 20.0. The molecule has 8 rings (SSSR count). The van der Waals surface area contributed by atoms with E-state index >= 15 is 4.39 Å². The maximum atomic E-state index is 15.4. The van der Waals surface area contributed by atoms with Crippen molar-refractivity contribution in [2.24, 2.45) is 34.5 Å². The average Bonchev–Trinajstić information content (AvgIpc) is 3.47. The van der Waals surface area contributed by atoms with Gasteiger partial charge in [0, 0.05) is 11.8 Å². The van der Waals surface area contributed by atoms with Gasteiger partial charge in [-0.25, -0.2) is 27.9 Å². The fraction of sp³-hybridized carbons (Fsp3) is 0.667. The van der Waals surface area contributed by atoms with E-state index in [-0.39, 0.29) is 41.9 Å². The summed E-state index contributed by atoms with van der Waals surface area (Å²) in [6, 6.07) is 8.99. The molecule has 2 bridgehead atoms. The number of halogens is 1. The molecule has 3 saturated carbocycles. The lowest BCUT2D eigenvalue weighted by Gasteiger charge is -2.72. The molecule has 0 radical (unpaired) electrons. The molecule has 1 aromatic heterocycles. The van der Waals surface area contributed by atoms with Gasteiger partial charge in [0.2, 0.25) is 0 Å². The molecular weight excluding hydrogens is 573 g/mol. The van der Waals surface area contributed by atoms with Gasteiger partial charge in [-0.05, 0) is 100 Å². The summed E-state index contributed by atoms with van der Waals surface area (Å²) in [5.74, 6) is 0.0513. The highest BCUT2D eigenvalue weighted by Gasteiger charge is 2.76. The molecule has 4 aliphatic carbocycles. The Morgan fingerprint density at radius 2 is 1.64 bits per heavy atom. The van der Waals surface area contributed by atoms with E-state index in [1.54, 1.807) is 21.5 Å². The van der Waals surface area contributed by atoms with Gasteiger partial charge in [-0.15, -0.1) is 0 Å². The molecule has 8 nitrogen and oxygen atoms in total. The number of hydrogen-bond acceptors (Lipinski definition) is 5. The molecule has 0 amide bonds. The first-order valence-corrected chi connectivity index (χ1v) is 16.7. The molecule has 9 heteroatoms. The average molecular weight is 622 g/mol. The van der Waals surface area contributed by atoms with Crippen molar-refractivity contribution in [3.63, 3.8) is 0 Å². The maximum Gasteiger partial charge on any atom is 0.352 e. The van der Waals surface area contributed by atoms with Crippen LogP contribution >= 0.6 is 0 Å². The molecule has 6 aliphatic rings. The van der Waals surface area contributed by atoms with Crippen molar-refractivity contribution in [2.45, 2.75) is 115 Å². The lowest BCUT2D eigenvalue weighted by atomic mass is 9.40. The number of rotatable bonds is 5. The van der Waals surface area contributed by atoms with Gasteiger partial charge in [-0.1, -0.05) is 57.2 Å². The van der Waals surface area contributed by atoms with Crippen LogP contribution in [0.3, 0.4) is 0 Å². The minimum Gasteiger partial charge on any atom is -0.393 e. The summed E-state index contributed by atoms with van der Waals surface area (Å²) in [5.41, 5.74) is -6.71. The Morgan fingerprint density at radius 3 is 2.31 bits per heavy atom. The number of alkyl halides is 1. The van der Waals surface area contributed by atoms with Crippen LogP contribution in [0.25, 0.3) is 5.69 Å². The Bertz CT molecular complexity index is 1700. The molecule has 11 atom stereocenters. The van der Waals surface area contributed by atoms with E-state index in [2.05, 4.69) is 26.8 Å². The third-order valence-corrected chi connectivity index (χ3v) is 13.8. The standard InChI is InChI=1S/C36H48FN3O5/c1-22(14-17-33(5,37)31(2,3)45)25-12-13-26-32(25,4)16-15-27-34(6)28(42)20-24(41)21-35(34)18-19-36(26,27)40-30(44)38(29(43)39(35)40)23-10-8-7-9-11-23/h7-11,14,17-19,22,24-28,41-42,45H,12-13,15-16,20-21H2,1-6H3/b17-14+/t22-,24+,25-,26-,27-,28+,32-,33+,34+,35-,36+/m1/s1. The van der Waals surface area contributed by atoms with Crippen molar-refractivity contribution in [2.75, 3.05) is 0 Å². The summed E-state index contributed by atoms with van der Waals surface area (Å²) in [5, 5.41) is 33.3. The highest BCUT2D eigenvalue weighted by molar-refractivity contribution is 5.39. The van der Waals surface area contributed by atoms with Crippen molar-refractivity contribution >= 4 is 0 Å². The van der Waals surface area contributed by atoms with Crippen LogP contribution in [-0.2, 0) is 11.1 Å². The predicted octanol–water partition coefficient (Wildman–Crippen LogP) is 4.43. The van der Waals surface area contributed by atoms with Gasteiger partial charge in [0.1, 0.15) is 0 Å². The van der Waals surface area contributed by atoms with E-state index in [1.807, 2.05) is 30.4 Å². The van der Waals surface area contributed by atoms with E-state index in [1.165, 1.54) is 31.4 Å². The monoisotopic (exact) mass is 621 g/mol. The van der Waals surface area contributed by atoms with Crippen LogP contribution in [0.1, 0.15) is 80.1 Å². The minimum atomic E-state index is -1.89. The number of allylic oxidation sites excluding steroid dienone is 3. The lowest BCUT2D eigenvalue weighted by molar-refractivity contribution is -0.238. The largest absolute Gasteiger partial charge is 0.393 e.